The standard InChI is InChI=1S/C16H23NO4S/c1-2-3-12-21-16(18)14-10-7-11-15(14)17-22(19,20)13-8-5-4-6-9-13/h4-6,8-9,14-15,17H,2-3,7,10-12H2,1H3/t14-,15+/m0/s1. The van der Waals surface area contributed by atoms with Crippen LogP contribution in [0.25, 0.3) is 0 Å². The van der Waals surface area contributed by atoms with Gasteiger partial charge < -0.3 is 4.74 Å². The summed E-state index contributed by atoms with van der Waals surface area (Å²) in [5.74, 6) is -0.665. The number of rotatable bonds is 7. The summed E-state index contributed by atoms with van der Waals surface area (Å²) in [4.78, 5) is 12.3. The van der Waals surface area contributed by atoms with Gasteiger partial charge in [0, 0.05) is 6.04 Å². The van der Waals surface area contributed by atoms with Crippen LogP contribution in [0.3, 0.4) is 0 Å². The zero-order valence-corrected chi connectivity index (χ0v) is 13.6. The van der Waals surface area contributed by atoms with Gasteiger partial charge >= 0.3 is 5.97 Å². The average molecular weight is 325 g/mol. The van der Waals surface area contributed by atoms with Gasteiger partial charge in [0.05, 0.1) is 17.4 Å². The summed E-state index contributed by atoms with van der Waals surface area (Å²) in [6.07, 6.45) is 3.96. The molecule has 0 aromatic heterocycles. The van der Waals surface area contributed by atoms with Gasteiger partial charge in [0.2, 0.25) is 10.0 Å². The molecule has 5 nitrogen and oxygen atoms in total. The maximum absolute atomic E-state index is 12.4. The van der Waals surface area contributed by atoms with Gasteiger partial charge in [-0.15, -0.1) is 0 Å². The predicted molar refractivity (Wildman–Crippen MR) is 83.8 cm³/mol. The smallest absolute Gasteiger partial charge is 0.310 e. The Morgan fingerprint density at radius 1 is 1.27 bits per heavy atom. The molecule has 0 aliphatic heterocycles. The van der Waals surface area contributed by atoms with Gasteiger partial charge in [-0.2, -0.15) is 0 Å². The third-order valence-corrected chi connectivity index (χ3v) is 5.43. The van der Waals surface area contributed by atoms with Gasteiger partial charge in [-0.05, 0) is 31.4 Å². The minimum Gasteiger partial charge on any atom is -0.465 e. The van der Waals surface area contributed by atoms with Crippen LogP contribution in [-0.2, 0) is 19.6 Å². The highest BCUT2D eigenvalue weighted by atomic mass is 32.2. The minimum absolute atomic E-state index is 0.222. The third kappa shape index (κ3) is 4.30. The second-order valence-electron chi connectivity index (χ2n) is 5.60. The zero-order chi connectivity index (χ0) is 16.0. The van der Waals surface area contributed by atoms with Crippen molar-refractivity contribution in [1.29, 1.82) is 0 Å². The molecule has 2 atom stereocenters. The average Bonchev–Trinajstić information content (AvgIpc) is 2.96. The molecule has 1 saturated carbocycles. The number of unbranched alkanes of at least 4 members (excludes halogenated alkanes) is 1. The fourth-order valence-corrected chi connectivity index (χ4v) is 4.01. The van der Waals surface area contributed by atoms with E-state index in [1.807, 2.05) is 6.92 Å². The molecule has 1 N–H and O–H groups in total. The Bertz CT molecular complexity index is 585. The van der Waals surface area contributed by atoms with Crippen molar-refractivity contribution in [2.24, 2.45) is 5.92 Å². The second kappa shape index (κ2) is 7.74. The van der Waals surface area contributed by atoms with Gasteiger partial charge in [-0.1, -0.05) is 38.0 Å². The Balaban J connectivity index is 2.00. The van der Waals surface area contributed by atoms with Crippen molar-refractivity contribution in [2.75, 3.05) is 6.61 Å². The van der Waals surface area contributed by atoms with E-state index in [4.69, 9.17) is 4.74 Å². The summed E-state index contributed by atoms with van der Waals surface area (Å²) < 4.78 is 32.6. The first-order chi connectivity index (χ1) is 10.5. The normalized spacial score (nSPS) is 21.7. The van der Waals surface area contributed by atoms with Crippen LogP contribution in [0.2, 0.25) is 0 Å². The molecule has 0 unspecified atom stereocenters. The highest BCUT2D eigenvalue weighted by Crippen LogP contribution is 2.28. The lowest BCUT2D eigenvalue weighted by Crippen LogP contribution is -2.40. The molecule has 1 aliphatic rings. The summed E-state index contributed by atoms with van der Waals surface area (Å²) in [5.41, 5.74) is 0. The van der Waals surface area contributed by atoms with Crippen molar-refractivity contribution in [3.63, 3.8) is 0 Å². The molecular weight excluding hydrogens is 302 g/mol. The van der Waals surface area contributed by atoms with Gasteiger partial charge in [-0.3, -0.25) is 4.79 Å². The zero-order valence-electron chi connectivity index (χ0n) is 12.8. The monoisotopic (exact) mass is 325 g/mol. The SMILES string of the molecule is CCCCOC(=O)[C@H]1CCC[C@H]1NS(=O)(=O)c1ccccc1. The maximum atomic E-state index is 12.4. The number of carbonyl (C=O) groups excluding carboxylic acids is 1. The molecule has 0 saturated heterocycles. The van der Waals surface area contributed by atoms with Gasteiger partial charge in [-0.25, -0.2) is 13.1 Å². The van der Waals surface area contributed by atoms with E-state index in [1.54, 1.807) is 30.3 Å². The molecule has 0 radical (unpaired) electrons. The van der Waals surface area contributed by atoms with Crippen LogP contribution in [0.4, 0.5) is 0 Å². The van der Waals surface area contributed by atoms with Crippen molar-refractivity contribution >= 4 is 16.0 Å². The van der Waals surface area contributed by atoms with Crippen molar-refractivity contribution in [3.8, 4) is 0 Å². The molecule has 0 amide bonds. The van der Waals surface area contributed by atoms with Crippen molar-refractivity contribution < 1.29 is 17.9 Å². The van der Waals surface area contributed by atoms with Gasteiger partial charge in [0.15, 0.2) is 0 Å². The number of hydrogen-bond donors (Lipinski definition) is 1. The molecule has 0 bridgehead atoms. The van der Waals surface area contributed by atoms with E-state index in [-0.39, 0.29) is 22.8 Å². The Hall–Kier alpha value is -1.40. The molecular formula is C16H23NO4S. The van der Waals surface area contributed by atoms with E-state index in [2.05, 4.69) is 4.72 Å². The molecule has 1 fully saturated rings. The topological polar surface area (TPSA) is 72.5 Å². The number of sulfonamides is 1. The Morgan fingerprint density at radius 2 is 2.00 bits per heavy atom. The van der Waals surface area contributed by atoms with E-state index >= 15 is 0 Å². The van der Waals surface area contributed by atoms with E-state index in [0.717, 1.165) is 19.3 Å². The Morgan fingerprint density at radius 3 is 2.68 bits per heavy atom. The fourth-order valence-electron chi connectivity index (χ4n) is 2.67. The number of hydrogen-bond acceptors (Lipinski definition) is 4. The van der Waals surface area contributed by atoms with E-state index < -0.39 is 10.0 Å². The predicted octanol–water partition coefficient (Wildman–Crippen LogP) is 2.48. The number of esters is 1. The summed E-state index contributed by atoms with van der Waals surface area (Å²) in [6.45, 7) is 2.43. The first-order valence-electron chi connectivity index (χ1n) is 7.78. The van der Waals surface area contributed by atoms with Crippen LogP contribution in [0.15, 0.2) is 35.2 Å². The fraction of sp³-hybridized carbons (Fsp3) is 0.562. The lowest BCUT2D eigenvalue weighted by atomic mass is 10.1. The van der Waals surface area contributed by atoms with E-state index in [0.29, 0.717) is 19.4 Å². The largest absolute Gasteiger partial charge is 0.465 e. The first kappa shape index (κ1) is 17.0. The molecule has 6 heteroatoms. The van der Waals surface area contributed by atoms with Crippen LogP contribution < -0.4 is 4.72 Å². The van der Waals surface area contributed by atoms with Crippen LogP contribution in [0.5, 0.6) is 0 Å². The lowest BCUT2D eigenvalue weighted by molar-refractivity contribution is -0.148. The van der Waals surface area contributed by atoms with E-state index in [9.17, 15) is 13.2 Å². The van der Waals surface area contributed by atoms with Crippen molar-refractivity contribution in [3.05, 3.63) is 30.3 Å². The quantitative estimate of drug-likeness (QED) is 0.617. The van der Waals surface area contributed by atoms with E-state index in [1.165, 1.54) is 0 Å². The molecule has 2 rings (SSSR count). The summed E-state index contributed by atoms with van der Waals surface area (Å²) >= 11 is 0. The Kier molecular flexibility index (Phi) is 5.97. The summed E-state index contributed by atoms with van der Waals surface area (Å²) in [7, 11) is -3.59. The maximum Gasteiger partial charge on any atom is 0.310 e. The molecule has 1 aromatic rings. The third-order valence-electron chi connectivity index (χ3n) is 3.92. The van der Waals surface area contributed by atoms with Crippen molar-refractivity contribution in [1.82, 2.24) is 4.72 Å². The summed E-state index contributed by atoms with van der Waals surface area (Å²) in [5, 5.41) is 0. The molecule has 0 spiro atoms. The molecule has 122 valence electrons. The van der Waals surface area contributed by atoms with Gasteiger partial charge in [0.25, 0.3) is 0 Å². The molecule has 1 aliphatic carbocycles. The Labute approximate surface area is 132 Å². The second-order valence-corrected chi connectivity index (χ2v) is 7.31. The van der Waals surface area contributed by atoms with Crippen LogP contribution in [0.1, 0.15) is 39.0 Å². The lowest BCUT2D eigenvalue weighted by Gasteiger charge is -2.19. The molecule has 22 heavy (non-hydrogen) atoms. The number of ether oxygens (including phenoxy) is 1. The summed E-state index contributed by atoms with van der Waals surface area (Å²) in [6, 6.07) is 7.85. The van der Waals surface area contributed by atoms with Crippen LogP contribution in [-0.4, -0.2) is 27.0 Å². The highest BCUT2D eigenvalue weighted by Gasteiger charge is 2.36. The first-order valence-corrected chi connectivity index (χ1v) is 9.27. The molecule has 0 heterocycles. The van der Waals surface area contributed by atoms with Gasteiger partial charge in [0.1, 0.15) is 0 Å². The minimum atomic E-state index is -3.59. The van der Waals surface area contributed by atoms with Crippen molar-refractivity contribution in [2.45, 2.75) is 50.0 Å². The van der Waals surface area contributed by atoms with Crippen LogP contribution in [0, 0.1) is 5.92 Å². The number of benzene rings is 1. The van der Waals surface area contributed by atoms with Crippen LogP contribution >= 0.6 is 0 Å². The number of nitrogens with one attached hydrogen (secondary N) is 1. The number of carbonyl (C=O) groups is 1. The molecule has 1 aromatic carbocycles. The highest BCUT2D eigenvalue weighted by molar-refractivity contribution is 7.89.